The van der Waals surface area contributed by atoms with Crippen LogP contribution in [0.25, 0.3) is 0 Å². The summed E-state index contributed by atoms with van der Waals surface area (Å²) in [6, 6.07) is 2.57. The van der Waals surface area contributed by atoms with Gasteiger partial charge < -0.3 is 15.0 Å². The lowest BCUT2D eigenvalue weighted by Gasteiger charge is -2.42. The maximum Gasteiger partial charge on any atom is 0.224 e. The van der Waals surface area contributed by atoms with Crippen molar-refractivity contribution in [3.63, 3.8) is 0 Å². The van der Waals surface area contributed by atoms with E-state index in [-0.39, 0.29) is 11.8 Å². The van der Waals surface area contributed by atoms with Gasteiger partial charge in [-0.25, -0.2) is 9.97 Å². The molecule has 7 heteroatoms. The first-order chi connectivity index (χ1) is 12.7. The topological polar surface area (TPSA) is 70.6 Å². The van der Waals surface area contributed by atoms with Gasteiger partial charge in [0, 0.05) is 45.5 Å². The second kappa shape index (κ2) is 9.28. The highest BCUT2D eigenvalue weighted by Gasteiger charge is 2.31. The van der Waals surface area contributed by atoms with E-state index in [1.807, 2.05) is 19.2 Å². The van der Waals surface area contributed by atoms with Gasteiger partial charge >= 0.3 is 0 Å². The number of aryl methyl sites for hydroxylation is 1. The molecule has 1 amide bonds. The van der Waals surface area contributed by atoms with Crippen LogP contribution in [0.3, 0.4) is 0 Å². The molecule has 2 fully saturated rings. The van der Waals surface area contributed by atoms with Crippen molar-refractivity contribution in [3.8, 4) is 0 Å². The monoisotopic (exact) mass is 361 g/mol. The van der Waals surface area contributed by atoms with E-state index in [0.29, 0.717) is 19.2 Å². The highest BCUT2D eigenvalue weighted by molar-refractivity contribution is 5.78. The van der Waals surface area contributed by atoms with E-state index in [1.165, 1.54) is 0 Å². The van der Waals surface area contributed by atoms with Crippen LogP contribution in [0.5, 0.6) is 0 Å². The number of piperidine rings is 2. The van der Waals surface area contributed by atoms with Crippen LogP contribution in [-0.2, 0) is 9.53 Å². The number of nitrogens with zero attached hydrogens (tertiary/aromatic N) is 4. The van der Waals surface area contributed by atoms with Gasteiger partial charge in [0.25, 0.3) is 0 Å². The molecule has 0 aliphatic carbocycles. The molecule has 1 aromatic rings. The average Bonchev–Trinajstić information content (AvgIpc) is 2.68. The highest BCUT2D eigenvalue weighted by atomic mass is 16.5. The number of likely N-dealkylation sites (tertiary alicyclic amines) is 1. The van der Waals surface area contributed by atoms with Gasteiger partial charge in [0.1, 0.15) is 11.6 Å². The minimum Gasteiger partial charge on any atom is -0.383 e. The molecular formula is C19H31N5O2. The van der Waals surface area contributed by atoms with E-state index < -0.39 is 0 Å². The van der Waals surface area contributed by atoms with Gasteiger partial charge in [0.2, 0.25) is 5.91 Å². The van der Waals surface area contributed by atoms with Crippen molar-refractivity contribution in [2.45, 2.75) is 38.6 Å². The Morgan fingerprint density at radius 1 is 1.31 bits per heavy atom. The zero-order chi connectivity index (χ0) is 18.4. The SMILES string of the molecule is COCCNC(=O)[C@H]1CCCN(C2CCN(c3ccnc(C)n3)CC2)C1. The fourth-order valence-corrected chi connectivity index (χ4v) is 4.05. The number of ether oxygens (including phenoxy) is 1. The molecule has 1 atom stereocenters. The van der Waals surface area contributed by atoms with Crippen molar-refractivity contribution in [3.05, 3.63) is 18.1 Å². The molecule has 1 N–H and O–H groups in total. The van der Waals surface area contributed by atoms with Gasteiger partial charge in [-0.1, -0.05) is 0 Å². The molecule has 0 saturated carbocycles. The van der Waals surface area contributed by atoms with Gasteiger partial charge in [0.15, 0.2) is 0 Å². The fourth-order valence-electron chi connectivity index (χ4n) is 4.05. The Kier molecular flexibility index (Phi) is 6.80. The van der Waals surface area contributed by atoms with E-state index >= 15 is 0 Å². The Labute approximate surface area is 156 Å². The maximum absolute atomic E-state index is 12.4. The lowest BCUT2D eigenvalue weighted by molar-refractivity contribution is -0.127. The summed E-state index contributed by atoms with van der Waals surface area (Å²) in [7, 11) is 1.66. The zero-order valence-corrected chi connectivity index (χ0v) is 16.0. The van der Waals surface area contributed by atoms with Crippen molar-refractivity contribution in [1.29, 1.82) is 0 Å². The van der Waals surface area contributed by atoms with Crippen molar-refractivity contribution in [2.75, 3.05) is 51.3 Å². The Hall–Kier alpha value is -1.73. The summed E-state index contributed by atoms with van der Waals surface area (Å²) in [5.41, 5.74) is 0. The van der Waals surface area contributed by atoms with E-state index in [1.54, 1.807) is 7.11 Å². The largest absolute Gasteiger partial charge is 0.383 e. The molecule has 26 heavy (non-hydrogen) atoms. The predicted octanol–water partition coefficient (Wildman–Crippen LogP) is 1.23. The van der Waals surface area contributed by atoms with Crippen LogP contribution in [0.1, 0.15) is 31.5 Å². The van der Waals surface area contributed by atoms with E-state index in [9.17, 15) is 4.79 Å². The number of nitrogens with one attached hydrogen (secondary N) is 1. The quantitative estimate of drug-likeness (QED) is 0.769. The highest BCUT2D eigenvalue weighted by Crippen LogP contribution is 2.25. The number of hydrogen-bond acceptors (Lipinski definition) is 6. The lowest BCUT2D eigenvalue weighted by atomic mass is 9.93. The number of rotatable bonds is 6. The van der Waals surface area contributed by atoms with Crippen LogP contribution < -0.4 is 10.2 Å². The molecule has 3 heterocycles. The molecule has 144 valence electrons. The summed E-state index contributed by atoms with van der Waals surface area (Å²) < 4.78 is 5.01. The molecule has 2 saturated heterocycles. The molecule has 0 bridgehead atoms. The molecule has 2 aliphatic rings. The predicted molar refractivity (Wildman–Crippen MR) is 101 cm³/mol. The van der Waals surface area contributed by atoms with Crippen molar-refractivity contribution >= 4 is 11.7 Å². The summed E-state index contributed by atoms with van der Waals surface area (Å²) in [6.07, 6.45) is 6.19. The van der Waals surface area contributed by atoms with Gasteiger partial charge in [-0.3, -0.25) is 9.69 Å². The summed E-state index contributed by atoms with van der Waals surface area (Å²) in [5.74, 6) is 2.15. The number of methoxy groups -OCH3 is 1. The van der Waals surface area contributed by atoms with E-state index in [2.05, 4.69) is 25.1 Å². The molecule has 3 rings (SSSR count). The third-order valence-electron chi connectivity index (χ3n) is 5.50. The third kappa shape index (κ3) is 4.92. The first kappa shape index (κ1) is 19.0. The Morgan fingerprint density at radius 3 is 2.85 bits per heavy atom. The van der Waals surface area contributed by atoms with Crippen LogP contribution in [0.4, 0.5) is 5.82 Å². The Bertz CT molecular complexity index is 589. The van der Waals surface area contributed by atoms with Crippen LogP contribution in [0, 0.1) is 12.8 Å². The summed E-state index contributed by atoms with van der Waals surface area (Å²) in [6.45, 7) is 7.13. The number of carbonyl (C=O) groups excluding carboxylic acids is 1. The second-order valence-corrected chi connectivity index (χ2v) is 7.30. The second-order valence-electron chi connectivity index (χ2n) is 7.30. The molecule has 0 radical (unpaired) electrons. The van der Waals surface area contributed by atoms with Crippen LogP contribution in [-0.4, -0.2) is 73.3 Å². The molecule has 2 aliphatic heterocycles. The Balaban J connectivity index is 1.48. The number of aromatic nitrogens is 2. The van der Waals surface area contributed by atoms with Gasteiger partial charge in [-0.15, -0.1) is 0 Å². The number of carbonyl (C=O) groups is 1. The molecule has 0 aromatic carbocycles. The number of amides is 1. The summed E-state index contributed by atoms with van der Waals surface area (Å²) in [5, 5.41) is 3.00. The fraction of sp³-hybridized carbons (Fsp3) is 0.737. The smallest absolute Gasteiger partial charge is 0.224 e. The van der Waals surface area contributed by atoms with Gasteiger partial charge in [-0.05, 0) is 45.2 Å². The summed E-state index contributed by atoms with van der Waals surface area (Å²) in [4.78, 5) is 26.0. The first-order valence-corrected chi connectivity index (χ1v) is 9.72. The van der Waals surface area contributed by atoms with Gasteiger partial charge in [0.05, 0.1) is 12.5 Å². The summed E-state index contributed by atoms with van der Waals surface area (Å²) >= 11 is 0. The zero-order valence-electron chi connectivity index (χ0n) is 16.0. The Morgan fingerprint density at radius 2 is 2.12 bits per heavy atom. The van der Waals surface area contributed by atoms with Crippen molar-refractivity contribution in [2.24, 2.45) is 5.92 Å². The molecule has 1 aromatic heterocycles. The maximum atomic E-state index is 12.4. The van der Waals surface area contributed by atoms with Crippen LogP contribution >= 0.6 is 0 Å². The van der Waals surface area contributed by atoms with Crippen molar-refractivity contribution < 1.29 is 9.53 Å². The minimum absolute atomic E-state index is 0.114. The van der Waals surface area contributed by atoms with Crippen LogP contribution in [0.15, 0.2) is 12.3 Å². The lowest BCUT2D eigenvalue weighted by Crippen LogP contribution is -2.51. The molecule has 0 unspecified atom stereocenters. The standard InChI is InChI=1S/C19H31N5O2/c1-15-20-8-5-18(22-15)23-11-6-17(7-12-23)24-10-3-4-16(14-24)19(25)21-9-13-26-2/h5,8,16-17H,3-4,6-7,9-14H2,1-2H3,(H,21,25)/t16-/m0/s1. The number of hydrogen-bond donors (Lipinski definition) is 1. The van der Waals surface area contributed by atoms with Crippen molar-refractivity contribution in [1.82, 2.24) is 20.2 Å². The van der Waals surface area contributed by atoms with E-state index in [0.717, 1.165) is 63.5 Å². The first-order valence-electron chi connectivity index (χ1n) is 9.72. The molecule has 0 spiro atoms. The normalized spacial score (nSPS) is 22.4. The van der Waals surface area contributed by atoms with E-state index in [4.69, 9.17) is 4.74 Å². The minimum atomic E-state index is 0.114. The molecular weight excluding hydrogens is 330 g/mol. The van der Waals surface area contributed by atoms with Gasteiger partial charge in [-0.2, -0.15) is 0 Å². The van der Waals surface area contributed by atoms with Crippen LogP contribution in [0.2, 0.25) is 0 Å². The number of anilines is 1. The third-order valence-corrected chi connectivity index (χ3v) is 5.50. The molecule has 7 nitrogen and oxygen atoms in total. The average molecular weight is 361 g/mol.